The lowest BCUT2D eigenvalue weighted by molar-refractivity contribution is 0.160. The number of rotatable bonds is 9. The third kappa shape index (κ3) is 4.35. The van der Waals surface area contributed by atoms with Crippen molar-refractivity contribution in [2.75, 3.05) is 19.6 Å². The van der Waals surface area contributed by atoms with Crippen LogP contribution in [0.1, 0.15) is 66.7 Å². The molecule has 1 aromatic carbocycles. The lowest BCUT2D eigenvalue weighted by Gasteiger charge is -2.35. The Morgan fingerprint density at radius 3 is 2.81 bits per heavy atom. The van der Waals surface area contributed by atoms with E-state index < -0.39 is 0 Å². The van der Waals surface area contributed by atoms with Crippen molar-refractivity contribution in [2.45, 2.75) is 58.0 Å². The second kappa shape index (κ2) is 9.93. The van der Waals surface area contributed by atoms with Crippen molar-refractivity contribution in [1.29, 1.82) is 0 Å². The fourth-order valence-corrected chi connectivity index (χ4v) is 5.47. The molecule has 1 atom stereocenters. The predicted molar refractivity (Wildman–Crippen MR) is 131 cm³/mol. The maximum Gasteiger partial charge on any atom is 0.0607 e. The number of aryl methyl sites for hydroxylation is 1. The molecule has 0 radical (unpaired) electrons. The second-order valence-electron chi connectivity index (χ2n) is 9.10. The molecule has 32 heavy (non-hydrogen) atoms. The van der Waals surface area contributed by atoms with Gasteiger partial charge in [0.1, 0.15) is 0 Å². The number of fused-ring (bicyclic) bond motifs is 4. The number of unbranched alkanes of at least 4 members (excludes halogenated alkanes) is 1. The second-order valence-corrected chi connectivity index (χ2v) is 9.10. The van der Waals surface area contributed by atoms with E-state index in [1.165, 1.54) is 64.9 Å². The van der Waals surface area contributed by atoms with E-state index in [-0.39, 0.29) is 0 Å². The molecule has 0 spiro atoms. The molecule has 2 aromatic heterocycles. The van der Waals surface area contributed by atoms with Crippen molar-refractivity contribution in [3.05, 3.63) is 82.9 Å². The minimum Gasteiger partial charge on any atom is -0.317 e. The SMILES string of the molecule is CCNCCCCN(Cc1nccc2c1Cc1ccccc1-2)[C@H]1CCCc2cccnc21. The Labute approximate surface area is 192 Å². The monoisotopic (exact) mass is 426 g/mol. The van der Waals surface area contributed by atoms with Gasteiger partial charge in [0.15, 0.2) is 0 Å². The lowest BCUT2D eigenvalue weighted by atomic mass is 9.90. The predicted octanol–water partition coefficient (Wildman–Crippen LogP) is 5.32. The minimum absolute atomic E-state index is 0.389. The van der Waals surface area contributed by atoms with Gasteiger partial charge in [-0.2, -0.15) is 0 Å². The third-order valence-electron chi connectivity index (χ3n) is 7.08. The summed E-state index contributed by atoms with van der Waals surface area (Å²) in [6, 6.07) is 15.8. The molecular weight excluding hydrogens is 392 g/mol. The Kier molecular flexibility index (Phi) is 6.61. The van der Waals surface area contributed by atoms with Gasteiger partial charge >= 0.3 is 0 Å². The first kappa shape index (κ1) is 21.3. The first-order valence-electron chi connectivity index (χ1n) is 12.3. The maximum absolute atomic E-state index is 4.91. The number of hydrogen-bond donors (Lipinski definition) is 1. The first-order valence-corrected chi connectivity index (χ1v) is 12.3. The van der Waals surface area contributed by atoms with Crippen molar-refractivity contribution < 1.29 is 0 Å². The van der Waals surface area contributed by atoms with Crippen molar-refractivity contribution >= 4 is 0 Å². The molecule has 2 heterocycles. The average molecular weight is 427 g/mol. The molecule has 0 saturated carbocycles. The van der Waals surface area contributed by atoms with Crippen molar-refractivity contribution in [3.63, 3.8) is 0 Å². The van der Waals surface area contributed by atoms with Crippen LogP contribution in [0.2, 0.25) is 0 Å². The quantitative estimate of drug-likeness (QED) is 0.368. The first-order chi connectivity index (χ1) is 15.8. The molecule has 2 aliphatic carbocycles. The molecule has 166 valence electrons. The van der Waals surface area contributed by atoms with Gasteiger partial charge in [-0.1, -0.05) is 37.3 Å². The zero-order chi connectivity index (χ0) is 21.8. The molecule has 0 aliphatic heterocycles. The van der Waals surface area contributed by atoms with Gasteiger partial charge in [0, 0.05) is 25.4 Å². The van der Waals surface area contributed by atoms with E-state index in [0.717, 1.165) is 39.0 Å². The van der Waals surface area contributed by atoms with Gasteiger partial charge in [-0.05, 0) is 91.7 Å². The fraction of sp³-hybridized carbons (Fsp3) is 0.429. The van der Waals surface area contributed by atoms with E-state index in [4.69, 9.17) is 9.97 Å². The van der Waals surface area contributed by atoms with Crippen LogP contribution in [0, 0.1) is 0 Å². The zero-order valence-electron chi connectivity index (χ0n) is 19.2. The lowest BCUT2D eigenvalue weighted by Crippen LogP contribution is -2.33. The van der Waals surface area contributed by atoms with E-state index >= 15 is 0 Å². The Morgan fingerprint density at radius 2 is 1.88 bits per heavy atom. The third-order valence-corrected chi connectivity index (χ3v) is 7.08. The summed E-state index contributed by atoms with van der Waals surface area (Å²) in [5.41, 5.74) is 9.57. The number of nitrogens with one attached hydrogen (secondary N) is 1. The molecular formula is C28H34N4. The maximum atomic E-state index is 4.91. The van der Waals surface area contributed by atoms with Crippen LogP contribution in [0.25, 0.3) is 11.1 Å². The van der Waals surface area contributed by atoms with Gasteiger partial charge in [-0.25, -0.2) is 0 Å². The largest absolute Gasteiger partial charge is 0.317 e. The van der Waals surface area contributed by atoms with E-state index in [9.17, 15) is 0 Å². The standard InChI is InChI=1S/C28H34N4/c1-2-29-15-5-6-18-32(27-13-7-10-21-11-8-16-31-28(21)27)20-26-25-19-22-9-3-4-12-23(22)24(25)14-17-30-26/h3-4,8-9,11-12,14,16-17,27,29H,2,5-7,10,13,15,18-20H2,1H3/t27-/m0/s1. The Morgan fingerprint density at radius 1 is 0.969 bits per heavy atom. The molecule has 1 N–H and O–H groups in total. The molecule has 0 unspecified atom stereocenters. The highest BCUT2D eigenvalue weighted by Crippen LogP contribution is 2.39. The molecule has 0 amide bonds. The van der Waals surface area contributed by atoms with Crippen LogP contribution >= 0.6 is 0 Å². The Balaban J connectivity index is 1.41. The van der Waals surface area contributed by atoms with Crippen LogP contribution in [0.5, 0.6) is 0 Å². The van der Waals surface area contributed by atoms with Crippen LogP contribution in [-0.4, -0.2) is 34.5 Å². The molecule has 2 aliphatic rings. The summed E-state index contributed by atoms with van der Waals surface area (Å²) < 4.78 is 0. The number of hydrogen-bond acceptors (Lipinski definition) is 4. The summed E-state index contributed by atoms with van der Waals surface area (Å²) in [6.45, 7) is 6.31. The van der Waals surface area contributed by atoms with Crippen molar-refractivity contribution in [2.24, 2.45) is 0 Å². The molecule has 0 bridgehead atoms. The van der Waals surface area contributed by atoms with Crippen LogP contribution < -0.4 is 5.32 Å². The summed E-state index contributed by atoms with van der Waals surface area (Å²) in [7, 11) is 0. The minimum atomic E-state index is 0.389. The van der Waals surface area contributed by atoms with E-state index in [1.807, 2.05) is 12.4 Å². The Bertz CT molecular complexity index is 1060. The van der Waals surface area contributed by atoms with Gasteiger partial charge in [0.05, 0.1) is 17.4 Å². The van der Waals surface area contributed by atoms with Gasteiger partial charge in [-0.3, -0.25) is 14.9 Å². The highest BCUT2D eigenvalue weighted by atomic mass is 15.2. The molecule has 0 fully saturated rings. The van der Waals surface area contributed by atoms with Crippen molar-refractivity contribution in [1.82, 2.24) is 20.2 Å². The topological polar surface area (TPSA) is 41.0 Å². The summed E-state index contributed by atoms with van der Waals surface area (Å²) in [5, 5.41) is 3.47. The highest BCUT2D eigenvalue weighted by molar-refractivity contribution is 5.77. The number of benzene rings is 1. The smallest absolute Gasteiger partial charge is 0.0607 e. The van der Waals surface area contributed by atoms with E-state index in [1.54, 1.807) is 0 Å². The number of pyridine rings is 2. The van der Waals surface area contributed by atoms with Crippen LogP contribution in [0.15, 0.2) is 54.9 Å². The van der Waals surface area contributed by atoms with E-state index in [0.29, 0.717) is 6.04 Å². The van der Waals surface area contributed by atoms with Gasteiger partial charge in [0.25, 0.3) is 0 Å². The van der Waals surface area contributed by atoms with Crippen molar-refractivity contribution in [3.8, 4) is 11.1 Å². The molecule has 4 nitrogen and oxygen atoms in total. The van der Waals surface area contributed by atoms with Gasteiger partial charge in [-0.15, -0.1) is 0 Å². The van der Waals surface area contributed by atoms with Crippen LogP contribution in [0.4, 0.5) is 0 Å². The summed E-state index contributed by atoms with van der Waals surface area (Å²) in [6.07, 6.45) is 11.0. The molecule has 0 saturated heterocycles. The summed E-state index contributed by atoms with van der Waals surface area (Å²) in [5.74, 6) is 0. The average Bonchev–Trinajstić information content (AvgIpc) is 3.22. The van der Waals surface area contributed by atoms with Crippen LogP contribution in [0.3, 0.4) is 0 Å². The van der Waals surface area contributed by atoms with Gasteiger partial charge < -0.3 is 5.32 Å². The summed E-state index contributed by atoms with van der Waals surface area (Å²) >= 11 is 0. The highest BCUT2D eigenvalue weighted by Gasteiger charge is 2.29. The summed E-state index contributed by atoms with van der Waals surface area (Å²) in [4.78, 5) is 12.4. The van der Waals surface area contributed by atoms with Crippen LogP contribution in [-0.2, 0) is 19.4 Å². The van der Waals surface area contributed by atoms with E-state index in [2.05, 4.69) is 59.6 Å². The fourth-order valence-electron chi connectivity index (χ4n) is 5.47. The normalized spacial score (nSPS) is 16.6. The molecule has 5 rings (SSSR count). The number of aromatic nitrogens is 2. The molecule has 4 heteroatoms. The number of nitrogens with zero attached hydrogens (tertiary/aromatic N) is 3. The zero-order valence-corrected chi connectivity index (χ0v) is 19.2. The van der Waals surface area contributed by atoms with Gasteiger partial charge in [0.2, 0.25) is 0 Å². The molecule has 3 aromatic rings. The Hall–Kier alpha value is -2.56.